The van der Waals surface area contributed by atoms with Crippen LogP contribution in [0, 0.1) is 0 Å². The molecule has 0 aliphatic heterocycles. The van der Waals surface area contributed by atoms with Crippen molar-refractivity contribution in [3.63, 3.8) is 0 Å². The Bertz CT molecular complexity index is 1050. The van der Waals surface area contributed by atoms with Crippen molar-refractivity contribution in [2.24, 2.45) is 0 Å². The summed E-state index contributed by atoms with van der Waals surface area (Å²) in [6, 6.07) is 19.1. The molecule has 1 heterocycles. The summed E-state index contributed by atoms with van der Waals surface area (Å²) in [5, 5.41) is 2.86. The molecule has 1 N–H and O–H groups in total. The van der Waals surface area contributed by atoms with E-state index < -0.39 is 5.92 Å². The molecule has 32 heavy (non-hydrogen) atoms. The molecule has 164 valence electrons. The Morgan fingerprint density at radius 2 is 1.56 bits per heavy atom. The number of amides is 1. The molecular formula is C26H26N2O4. The quantitative estimate of drug-likeness (QED) is 0.407. The summed E-state index contributed by atoms with van der Waals surface area (Å²) in [6.07, 6.45) is 3.70. The van der Waals surface area contributed by atoms with Crippen molar-refractivity contribution < 1.29 is 19.1 Å². The zero-order valence-electron chi connectivity index (χ0n) is 18.2. The van der Waals surface area contributed by atoms with Crippen LogP contribution in [0.4, 0.5) is 0 Å². The van der Waals surface area contributed by atoms with Gasteiger partial charge in [-0.25, -0.2) is 0 Å². The van der Waals surface area contributed by atoms with Gasteiger partial charge in [0.1, 0.15) is 6.61 Å². The van der Waals surface area contributed by atoms with Crippen LogP contribution in [0.5, 0.6) is 0 Å². The minimum atomic E-state index is -0.498. The van der Waals surface area contributed by atoms with E-state index >= 15 is 0 Å². The van der Waals surface area contributed by atoms with Crippen LogP contribution in [0.1, 0.15) is 58.0 Å². The molecule has 2 aromatic carbocycles. The average Bonchev–Trinajstić information content (AvgIpc) is 2.86. The van der Waals surface area contributed by atoms with E-state index in [-0.39, 0.29) is 30.3 Å². The number of aromatic nitrogens is 1. The average molecular weight is 431 g/mol. The Hall–Kier alpha value is -3.80. The van der Waals surface area contributed by atoms with Gasteiger partial charge in [-0.3, -0.25) is 19.4 Å². The van der Waals surface area contributed by atoms with Gasteiger partial charge >= 0.3 is 5.97 Å². The van der Waals surface area contributed by atoms with Crippen LogP contribution in [0.2, 0.25) is 0 Å². The summed E-state index contributed by atoms with van der Waals surface area (Å²) < 4.78 is 5.46. The highest BCUT2D eigenvalue weighted by atomic mass is 16.5. The highest BCUT2D eigenvalue weighted by Gasteiger charge is 2.20. The highest BCUT2D eigenvalue weighted by Crippen LogP contribution is 2.19. The second-order valence-corrected chi connectivity index (χ2v) is 7.49. The van der Waals surface area contributed by atoms with Crippen LogP contribution in [-0.4, -0.2) is 35.3 Å². The molecule has 0 fully saturated rings. The number of nitrogens with one attached hydrogen (secondary N) is 1. The zero-order valence-corrected chi connectivity index (χ0v) is 18.2. The Morgan fingerprint density at radius 3 is 2.19 bits per heavy atom. The van der Waals surface area contributed by atoms with Crippen molar-refractivity contribution in [1.82, 2.24) is 10.3 Å². The number of rotatable bonds is 9. The molecule has 2 unspecified atom stereocenters. The normalized spacial score (nSPS) is 12.4. The number of carbonyl (C=O) groups excluding carboxylic acids is 3. The van der Waals surface area contributed by atoms with Gasteiger partial charge in [-0.2, -0.15) is 0 Å². The second kappa shape index (κ2) is 11.0. The summed E-state index contributed by atoms with van der Waals surface area (Å²) in [4.78, 5) is 41.3. The number of pyridine rings is 1. The first-order chi connectivity index (χ1) is 15.5. The lowest BCUT2D eigenvalue weighted by molar-refractivity contribution is -0.145. The van der Waals surface area contributed by atoms with Crippen LogP contribution in [0.25, 0.3) is 0 Å². The van der Waals surface area contributed by atoms with Crippen LogP contribution >= 0.6 is 0 Å². The number of benzene rings is 2. The maximum Gasteiger partial charge on any atom is 0.313 e. The van der Waals surface area contributed by atoms with E-state index in [9.17, 15) is 14.4 Å². The summed E-state index contributed by atoms with van der Waals surface area (Å²) in [5.41, 5.74) is 2.39. The third-order valence-corrected chi connectivity index (χ3v) is 5.24. The smallest absolute Gasteiger partial charge is 0.313 e. The Morgan fingerprint density at radius 1 is 0.906 bits per heavy atom. The van der Waals surface area contributed by atoms with Crippen LogP contribution in [0.3, 0.4) is 0 Å². The predicted octanol–water partition coefficient (Wildman–Crippen LogP) is 4.17. The van der Waals surface area contributed by atoms with Gasteiger partial charge in [-0.15, -0.1) is 0 Å². The van der Waals surface area contributed by atoms with Gasteiger partial charge in [0.15, 0.2) is 5.78 Å². The lowest BCUT2D eigenvalue weighted by atomic mass is 9.97. The van der Waals surface area contributed by atoms with E-state index in [1.807, 2.05) is 25.1 Å². The fourth-order valence-corrected chi connectivity index (χ4v) is 3.15. The molecule has 2 atom stereocenters. The standard InChI is InChI=1S/C26H26N2O4/c1-3-23(28-25(30)22-10-7-15-27-16-22)17-32-26(31)18(2)19-11-13-21(14-12-19)24(29)20-8-5-4-6-9-20/h4-16,18,23H,3,17H2,1-2H3,(H,28,30). The van der Waals surface area contributed by atoms with Crippen LogP contribution in [0.15, 0.2) is 79.1 Å². The molecule has 0 saturated carbocycles. The van der Waals surface area contributed by atoms with Gasteiger partial charge in [0.05, 0.1) is 17.5 Å². The van der Waals surface area contributed by atoms with Gasteiger partial charge in [0.2, 0.25) is 0 Å². The monoisotopic (exact) mass is 430 g/mol. The van der Waals surface area contributed by atoms with Crippen molar-refractivity contribution in [3.8, 4) is 0 Å². The zero-order chi connectivity index (χ0) is 22.9. The first-order valence-corrected chi connectivity index (χ1v) is 10.6. The van der Waals surface area contributed by atoms with Crippen molar-refractivity contribution in [2.45, 2.75) is 32.2 Å². The Labute approximate surface area is 187 Å². The van der Waals surface area contributed by atoms with Crippen LogP contribution in [-0.2, 0) is 9.53 Å². The third-order valence-electron chi connectivity index (χ3n) is 5.24. The molecule has 1 amide bonds. The van der Waals surface area contributed by atoms with Gasteiger partial charge in [0, 0.05) is 23.5 Å². The molecular weight excluding hydrogens is 404 g/mol. The summed E-state index contributed by atoms with van der Waals surface area (Å²) in [5.74, 6) is -1.21. The molecule has 6 heteroatoms. The number of ketones is 1. The second-order valence-electron chi connectivity index (χ2n) is 7.49. The molecule has 6 nitrogen and oxygen atoms in total. The van der Waals surface area contributed by atoms with Gasteiger partial charge in [-0.1, -0.05) is 61.5 Å². The van der Waals surface area contributed by atoms with Gasteiger partial charge < -0.3 is 10.1 Å². The number of carbonyl (C=O) groups is 3. The van der Waals surface area contributed by atoms with Crippen molar-refractivity contribution >= 4 is 17.7 Å². The van der Waals surface area contributed by atoms with Crippen molar-refractivity contribution in [2.75, 3.05) is 6.61 Å². The first-order valence-electron chi connectivity index (χ1n) is 10.6. The van der Waals surface area contributed by atoms with E-state index in [0.29, 0.717) is 23.1 Å². The minimum Gasteiger partial charge on any atom is -0.463 e. The van der Waals surface area contributed by atoms with E-state index in [0.717, 1.165) is 5.56 Å². The number of hydrogen-bond donors (Lipinski definition) is 1. The lowest BCUT2D eigenvalue weighted by Crippen LogP contribution is -2.38. The molecule has 3 aromatic rings. The van der Waals surface area contributed by atoms with E-state index in [2.05, 4.69) is 10.3 Å². The summed E-state index contributed by atoms with van der Waals surface area (Å²) >= 11 is 0. The molecule has 0 radical (unpaired) electrons. The summed E-state index contributed by atoms with van der Waals surface area (Å²) in [7, 11) is 0. The predicted molar refractivity (Wildman–Crippen MR) is 121 cm³/mol. The van der Waals surface area contributed by atoms with Gasteiger partial charge in [0.25, 0.3) is 5.91 Å². The molecule has 0 saturated heterocycles. The third kappa shape index (κ3) is 5.88. The van der Waals surface area contributed by atoms with Crippen molar-refractivity contribution in [1.29, 1.82) is 0 Å². The van der Waals surface area contributed by atoms with E-state index in [4.69, 9.17) is 4.74 Å². The SMILES string of the molecule is CCC(COC(=O)C(C)c1ccc(C(=O)c2ccccc2)cc1)NC(=O)c1cccnc1. The first kappa shape index (κ1) is 22.9. The molecule has 0 aliphatic rings. The molecule has 0 spiro atoms. The largest absolute Gasteiger partial charge is 0.463 e. The Balaban J connectivity index is 1.55. The maximum atomic E-state index is 12.5. The molecule has 3 rings (SSSR count). The lowest BCUT2D eigenvalue weighted by Gasteiger charge is -2.19. The fraction of sp³-hybridized carbons (Fsp3) is 0.231. The van der Waals surface area contributed by atoms with Crippen molar-refractivity contribution in [3.05, 3.63) is 101 Å². The van der Waals surface area contributed by atoms with Gasteiger partial charge in [-0.05, 0) is 31.0 Å². The topological polar surface area (TPSA) is 85.4 Å². The Kier molecular flexibility index (Phi) is 7.86. The highest BCUT2D eigenvalue weighted by molar-refractivity contribution is 6.09. The number of nitrogens with zero attached hydrogens (tertiary/aromatic N) is 1. The number of hydrogen-bond acceptors (Lipinski definition) is 5. The number of esters is 1. The maximum absolute atomic E-state index is 12.5. The van der Waals surface area contributed by atoms with E-state index in [1.165, 1.54) is 6.20 Å². The summed E-state index contributed by atoms with van der Waals surface area (Å²) in [6.45, 7) is 3.75. The van der Waals surface area contributed by atoms with Crippen LogP contribution < -0.4 is 5.32 Å². The molecule has 0 bridgehead atoms. The molecule has 1 aromatic heterocycles. The minimum absolute atomic E-state index is 0.0671. The van der Waals surface area contributed by atoms with E-state index in [1.54, 1.807) is 61.7 Å². The number of ether oxygens (including phenoxy) is 1. The fourth-order valence-electron chi connectivity index (χ4n) is 3.15. The molecule has 0 aliphatic carbocycles.